The van der Waals surface area contributed by atoms with E-state index in [4.69, 9.17) is 0 Å². The van der Waals surface area contributed by atoms with Gasteiger partial charge in [-0.1, -0.05) is 24.3 Å². The van der Waals surface area contributed by atoms with Gasteiger partial charge in [-0.05, 0) is 55.5 Å². The number of nitrogens with zero attached hydrogens (tertiary/aromatic N) is 1. The summed E-state index contributed by atoms with van der Waals surface area (Å²) < 4.78 is 14.2. The molecule has 0 fully saturated rings. The molecule has 2 N–H and O–H groups in total. The van der Waals surface area contributed by atoms with Crippen molar-refractivity contribution < 1.29 is 14.0 Å². The molecule has 1 aliphatic rings. The first-order chi connectivity index (χ1) is 13.0. The van der Waals surface area contributed by atoms with Gasteiger partial charge in [0.15, 0.2) is 0 Å². The molecule has 0 atom stereocenters. The van der Waals surface area contributed by atoms with Crippen LogP contribution in [0.2, 0.25) is 0 Å². The van der Waals surface area contributed by atoms with Crippen molar-refractivity contribution in [3.8, 4) is 0 Å². The van der Waals surface area contributed by atoms with Gasteiger partial charge in [0.2, 0.25) is 11.8 Å². The topological polar surface area (TPSA) is 61.4 Å². The first-order valence-corrected chi connectivity index (χ1v) is 9.11. The van der Waals surface area contributed by atoms with Crippen molar-refractivity contribution in [2.45, 2.75) is 26.7 Å². The largest absolute Gasteiger partial charge is 0.360 e. The highest BCUT2D eigenvalue weighted by molar-refractivity contribution is 5.95. The van der Waals surface area contributed by atoms with Crippen molar-refractivity contribution in [2.75, 3.05) is 29.9 Å². The Morgan fingerprint density at radius 1 is 1.11 bits per heavy atom. The summed E-state index contributed by atoms with van der Waals surface area (Å²) >= 11 is 0. The van der Waals surface area contributed by atoms with Crippen LogP contribution in [-0.2, 0) is 16.0 Å². The molecule has 2 aromatic carbocycles. The fraction of sp³-hybridized carbons (Fsp3) is 0.333. The molecule has 0 aliphatic carbocycles. The fourth-order valence-corrected chi connectivity index (χ4v) is 3.34. The summed E-state index contributed by atoms with van der Waals surface area (Å²) in [5.41, 5.74) is 4.24. The van der Waals surface area contributed by atoms with Crippen LogP contribution < -0.4 is 15.5 Å². The van der Waals surface area contributed by atoms with Crippen LogP contribution in [0.5, 0.6) is 0 Å². The van der Waals surface area contributed by atoms with E-state index in [2.05, 4.69) is 10.6 Å². The number of carbonyl (C=O) groups is 2. The van der Waals surface area contributed by atoms with Gasteiger partial charge in [0, 0.05) is 12.2 Å². The maximum Gasteiger partial charge on any atom is 0.243 e. The summed E-state index contributed by atoms with van der Waals surface area (Å²) in [7, 11) is 0. The van der Waals surface area contributed by atoms with Crippen molar-refractivity contribution in [1.82, 2.24) is 5.32 Å². The van der Waals surface area contributed by atoms with Crippen molar-refractivity contribution in [2.24, 2.45) is 0 Å². The number of carbonyl (C=O) groups excluding carboxylic acids is 2. The number of hydrogen-bond acceptors (Lipinski definition) is 3. The van der Waals surface area contributed by atoms with Gasteiger partial charge in [0.25, 0.3) is 0 Å². The zero-order valence-corrected chi connectivity index (χ0v) is 15.6. The minimum absolute atomic E-state index is 0.0324. The van der Waals surface area contributed by atoms with Crippen LogP contribution >= 0.6 is 0 Å². The van der Waals surface area contributed by atoms with Gasteiger partial charge in [-0.3, -0.25) is 9.59 Å². The Bertz CT molecular complexity index is 867. The predicted molar refractivity (Wildman–Crippen MR) is 104 cm³/mol. The monoisotopic (exact) mass is 369 g/mol. The second-order valence-corrected chi connectivity index (χ2v) is 6.85. The maximum atomic E-state index is 14.2. The molecule has 142 valence electrons. The highest BCUT2D eigenvalue weighted by atomic mass is 19.1. The number of amides is 2. The molecular formula is C21H24FN3O2. The Labute approximate surface area is 158 Å². The van der Waals surface area contributed by atoms with Crippen LogP contribution in [0.1, 0.15) is 23.1 Å². The minimum atomic E-state index is -0.312. The van der Waals surface area contributed by atoms with E-state index in [9.17, 15) is 14.0 Å². The zero-order chi connectivity index (χ0) is 19.4. The standard InChI is InChI=1S/C21H24FN3O2/c1-14-6-3-10-18(15(14)2)24-19(26)12-23-20(27)13-25-11-5-8-16-7-4-9-17(22)21(16)25/h3-4,6-7,9-10H,5,8,11-13H2,1-2H3,(H,23,27)(H,24,26). The Morgan fingerprint density at radius 3 is 2.70 bits per heavy atom. The normalized spacial score (nSPS) is 13.1. The molecule has 0 aromatic heterocycles. The molecule has 1 heterocycles. The van der Waals surface area contributed by atoms with E-state index >= 15 is 0 Å². The molecular weight excluding hydrogens is 345 g/mol. The van der Waals surface area contributed by atoms with Crippen LogP contribution in [0.25, 0.3) is 0 Å². The van der Waals surface area contributed by atoms with E-state index in [0.29, 0.717) is 12.2 Å². The molecule has 27 heavy (non-hydrogen) atoms. The number of fused-ring (bicyclic) bond motifs is 1. The number of hydrogen-bond donors (Lipinski definition) is 2. The highest BCUT2D eigenvalue weighted by Crippen LogP contribution is 2.29. The molecule has 0 bridgehead atoms. The second kappa shape index (κ2) is 8.20. The van der Waals surface area contributed by atoms with E-state index in [1.807, 2.05) is 38.1 Å². The van der Waals surface area contributed by atoms with Crippen LogP contribution in [0.15, 0.2) is 36.4 Å². The van der Waals surface area contributed by atoms with Crippen molar-refractivity contribution in [3.05, 3.63) is 58.9 Å². The number of halogens is 1. The number of rotatable bonds is 5. The van der Waals surface area contributed by atoms with Gasteiger partial charge < -0.3 is 15.5 Å². The molecule has 2 amide bonds. The van der Waals surface area contributed by atoms with Gasteiger partial charge in [0.05, 0.1) is 18.8 Å². The summed E-state index contributed by atoms with van der Waals surface area (Å²) in [4.78, 5) is 26.1. The number of nitrogens with one attached hydrogen (secondary N) is 2. The molecule has 0 spiro atoms. The highest BCUT2D eigenvalue weighted by Gasteiger charge is 2.22. The van der Waals surface area contributed by atoms with Crippen LogP contribution in [0.4, 0.5) is 15.8 Å². The minimum Gasteiger partial charge on any atom is -0.360 e. The second-order valence-electron chi connectivity index (χ2n) is 6.85. The summed E-state index contributed by atoms with van der Waals surface area (Å²) in [5, 5.41) is 5.43. The summed E-state index contributed by atoms with van der Waals surface area (Å²) in [6.45, 7) is 4.44. The van der Waals surface area contributed by atoms with Crippen molar-refractivity contribution in [1.29, 1.82) is 0 Å². The lowest BCUT2D eigenvalue weighted by molar-refractivity contribution is -0.123. The molecule has 6 heteroatoms. The van der Waals surface area contributed by atoms with Crippen LogP contribution in [-0.4, -0.2) is 31.4 Å². The van der Waals surface area contributed by atoms with Gasteiger partial charge in [-0.25, -0.2) is 4.39 Å². The lowest BCUT2D eigenvalue weighted by atomic mass is 10.0. The summed E-state index contributed by atoms with van der Waals surface area (Å²) in [5.74, 6) is -0.905. The van der Waals surface area contributed by atoms with E-state index in [1.165, 1.54) is 6.07 Å². The van der Waals surface area contributed by atoms with Gasteiger partial charge >= 0.3 is 0 Å². The van der Waals surface area contributed by atoms with E-state index in [1.54, 1.807) is 11.0 Å². The third kappa shape index (κ3) is 4.45. The number of aryl methyl sites for hydroxylation is 2. The number of anilines is 2. The predicted octanol–water partition coefficient (Wildman–Crippen LogP) is 2.95. The Hall–Kier alpha value is -2.89. The molecule has 0 saturated carbocycles. The zero-order valence-electron chi connectivity index (χ0n) is 15.6. The first-order valence-electron chi connectivity index (χ1n) is 9.11. The average molecular weight is 369 g/mol. The van der Waals surface area contributed by atoms with Gasteiger partial charge in [-0.15, -0.1) is 0 Å². The van der Waals surface area contributed by atoms with Crippen molar-refractivity contribution >= 4 is 23.2 Å². The van der Waals surface area contributed by atoms with Gasteiger partial charge in [0.1, 0.15) is 5.82 Å². The Balaban J connectivity index is 1.55. The molecule has 5 nitrogen and oxygen atoms in total. The molecule has 0 saturated heterocycles. The molecule has 2 aromatic rings. The first kappa shape index (κ1) is 18.9. The molecule has 0 unspecified atom stereocenters. The average Bonchev–Trinajstić information content (AvgIpc) is 2.64. The van der Waals surface area contributed by atoms with Crippen LogP contribution in [0.3, 0.4) is 0 Å². The fourth-order valence-electron chi connectivity index (χ4n) is 3.34. The Morgan fingerprint density at radius 2 is 1.89 bits per heavy atom. The van der Waals surface area contributed by atoms with E-state index in [0.717, 1.165) is 35.2 Å². The van der Waals surface area contributed by atoms with Crippen molar-refractivity contribution in [3.63, 3.8) is 0 Å². The number of para-hydroxylation sites is 1. The Kier molecular flexibility index (Phi) is 5.74. The van der Waals surface area contributed by atoms with Gasteiger partial charge in [-0.2, -0.15) is 0 Å². The lowest BCUT2D eigenvalue weighted by Crippen LogP contribution is -2.42. The van der Waals surface area contributed by atoms with Crippen LogP contribution in [0, 0.1) is 19.7 Å². The quantitative estimate of drug-likeness (QED) is 0.852. The number of benzene rings is 2. The third-order valence-electron chi connectivity index (χ3n) is 4.92. The van der Waals surface area contributed by atoms with E-state index in [-0.39, 0.29) is 30.7 Å². The summed E-state index contributed by atoms with van der Waals surface area (Å²) in [6, 6.07) is 10.7. The maximum absolute atomic E-state index is 14.2. The summed E-state index contributed by atoms with van der Waals surface area (Å²) in [6.07, 6.45) is 1.68. The molecule has 3 rings (SSSR count). The third-order valence-corrected chi connectivity index (χ3v) is 4.92. The smallest absolute Gasteiger partial charge is 0.243 e. The molecule has 1 aliphatic heterocycles. The molecule has 0 radical (unpaired) electrons. The lowest BCUT2D eigenvalue weighted by Gasteiger charge is -2.31. The SMILES string of the molecule is Cc1cccc(NC(=O)CNC(=O)CN2CCCc3cccc(F)c32)c1C. The van der Waals surface area contributed by atoms with E-state index < -0.39 is 0 Å².